The molecule has 1 aliphatic heterocycles. The van der Waals surface area contributed by atoms with Gasteiger partial charge in [0.05, 0.1) is 17.0 Å². The summed E-state index contributed by atoms with van der Waals surface area (Å²) in [6.45, 7) is 33.1. The largest absolute Gasteiger partial charge is 0.469 e. The van der Waals surface area contributed by atoms with Crippen molar-refractivity contribution < 1.29 is 8.83 Å². The maximum atomic E-state index is 7.35. The van der Waals surface area contributed by atoms with Crippen molar-refractivity contribution in [1.82, 2.24) is 0 Å². The Kier molecular flexibility index (Phi) is 10.4. The molecule has 1 radical (unpaired) electrons. The van der Waals surface area contributed by atoms with Gasteiger partial charge in [-0.25, -0.2) is 0 Å². The van der Waals surface area contributed by atoms with Crippen molar-refractivity contribution >= 4 is 79.7 Å². The normalized spacial score (nSPS) is 17.5. The van der Waals surface area contributed by atoms with Gasteiger partial charge in [-0.1, -0.05) is 170 Å². The lowest BCUT2D eigenvalue weighted by molar-refractivity contribution is 0.332. The van der Waals surface area contributed by atoms with Crippen LogP contribution in [0.3, 0.4) is 0 Å². The topological polar surface area (TPSA) is 41.6 Å². The fourth-order valence-electron chi connectivity index (χ4n) is 12.7. The number of hydrogen-bond donors (Lipinski definition) is 1. The number of para-hydroxylation sites is 1. The predicted octanol–water partition coefficient (Wildman–Crippen LogP) is 18.1. The first-order chi connectivity index (χ1) is 34.4. The van der Waals surface area contributed by atoms with Gasteiger partial charge in [0, 0.05) is 49.9 Å². The second kappa shape index (κ2) is 16.0. The molecule has 0 spiro atoms. The third-order valence-electron chi connectivity index (χ3n) is 17.6. The molecule has 73 heavy (non-hydrogen) atoms. The molecule has 3 aliphatic rings. The molecule has 4 nitrogen and oxygen atoms in total. The molecule has 0 amide bonds. The van der Waals surface area contributed by atoms with E-state index < -0.39 is 0 Å². The average molecular weight is 960 g/mol. The van der Waals surface area contributed by atoms with Crippen molar-refractivity contribution in [3.63, 3.8) is 0 Å². The first-order valence-corrected chi connectivity index (χ1v) is 26.9. The minimum atomic E-state index is -0.0942. The molecule has 1 N–H and O–H groups in total. The Morgan fingerprint density at radius 2 is 1.10 bits per heavy atom. The van der Waals surface area contributed by atoms with Crippen molar-refractivity contribution in [2.45, 2.75) is 155 Å². The van der Waals surface area contributed by atoms with E-state index in [1.807, 2.05) is 0 Å². The van der Waals surface area contributed by atoms with Crippen LogP contribution in [0.25, 0.3) is 55.2 Å². The average Bonchev–Trinajstić information content (AvgIpc) is 3.91. The molecule has 0 bridgehead atoms. The molecule has 0 saturated heterocycles. The van der Waals surface area contributed by atoms with E-state index in [0.29, 0.717) is 0 Å². The summed E-state index contributed by atoms with van der Waals surface area (Å²) >= 11 is 0. The van der Waals surface area contributed by atoms with Crippen LogP contribution in [0.1, 0.15) is 156 Å². The zero-order valence-electron chi connectivity index (χ0n) is 45.8. The van der Waals surface area contributed by atoms with Gasteiger partial charge in [0.15, 0.2) is 0 Å². The number of rotatable bonds is 5. The van der Waals surface area contributed by atoms with E-state index in [4.69, 9.17) is 8.83 Å². The SMILES string of the molecule is CC(C)(C)c1ccc(-c2c3c(cc4c2oc2ccccc24)N(c2ccc(C(C)(C)C)cc2-c2ccccc2)c2c(oc4cc5c(cc24)C(C)(C)CCC5(C)C)[B]3)c(Nc2ccc3c(c2)C(C)(C)CCC3(C)C)c1. The standard InChI is InChI=1S/C68H72BN2O2/c1-63(2,3)41-25-29-54(46(34-41)40-20-16-15-17-21-40)71-55-38-47-44-22-18-19-23-56(44)72-61(47)58(59(55)69-62-60(71)48-37-51-52(39-57(48)73-62)68(13,14)33-32-67(51,11)12)45-27-24-42(64(4,5)6)35-53(45)70-43-26-28-49-50(36-43)66(9,10)31-30-65(49,7)8/h15-29,34-39,70H,30-33H2,1-14H3. The molecule has 5 heteroatoms. The van der Waals surface area contributed by atoms with Crippen LogP contribution in [0.4, 0.5) is 28.4 Å². The van der Waals surface area contributed by atoms with Gasteiger partial charge in [-0.15, -0.1) is 0 Å². The molecular formula is C68H72BN2O2. The van der Waals surface area contributed by atoms with Gasteiger partial charge in [-0.2, -0.15) is 0 Å². The Hall–Kier alpha value is -6.46. The lowest BCUT2D eigenvalue weighted by Crippen LogP contribution is -2.40. The number of nitrogens with zero attached hydrogens (tertiary/aromatic N) is 1. The van der Waals surface area contributed by atoms with E-state index in [9.17, 15) is 0 Å². The third kappa shape index (κ3) is 7.69. The van der Waals surface area contributed by atoms with Crippen molar-refractivity contribution in [2.75, 3.05) is 10.2 Å². The summed E-state index contributed by atoms with van der Waals surface area (Å²) in [7, 11) is 2.33. The smallest absolute Gasteiger partial charge is 0.247 e. The summed E-state index contributed by atoms with van der Waals surface area (Å²) in [5.41, 5.74) is 22.7. The van der Waals surface area contributed by atoms with Gasteiger partial charge < -0.3 is 19.1 Å². The van der Waals surface area contributed by atoms with E-state index in [0.717, 1.165) is 103 Å². The summed E-state index contributed by atoms with van der Waals surface area (Å²) in [5, 5.41) is 7.40. The highest BCUT2D eigenvalue weighted by Gasteiger charge is 2.42. The highest BCUT2D eigenvalue weighted by Crippen LogP contribution is 2.53. The molecule has 0 fully saturated rings. The van der Waals surface area contributed by atoms with Crippen LogP contribution >= 0.6 is 0 Å². The highest BCUT2D eigenvalue weighted by molar-refractivity contribution is 6.73. The lowest BCUT2D eigenvalue weighted by atomic mass is 9.60. The minimum Gasteiger partial charge on any atom is -0.469 e. The van der Waals surface area contributed by atoms with E-state index >= 15 is 0 Å². The Balaban J connectivity index is 1.18. The summed E-state index contributed by atoms with van der Waals surface area (Å²) in [6, 6.07) is 48.1. The first-order valence-electron chi connectivity index (χ1n) is 26.9. The maximum Gasteiger partial charge on any atom is 0.247 e. The van der Waals surface area contributed by atoms with Crippen LogP contribution in [0.2, 0.25) is 0 Å². The Labute approximate surface area is 434 Å². The fraction of sp³-hybridized carbons (Fsp3) is 0.353. The molecule has 0 unspecified atom stereocenters. The Bertz CT molecular complexity index is 3710. The van der Waals surface area contributed by atoms with Gasteiger partial charge in [-0.05, 0) is 157 Å². The van der Waals surface area contributed by atoms with E-state index in [-0.39, 0.29) is 32.5 Å². The van der Waals surface area contributed by atoms with Crippen molar-refractivity contribution in [3.05, 3.63) is 161 Å². The second-order valence-electron chi connectivity index (χ2n) is 26.6. The lowest BCUT2D eigenvalue weighted by Gasteiger charge is -2.42. The van der Waals surface area contributed by atoms with E-state index in [2.05, 4.69) is 242 Å². The molecular weight excluding hydrogens is 888 g/mol. The van der Waals surface area contributed by atoms with Crippen molar-refractivity contribution in [3.8, 4) is 22.3 Å². The van der Waals surface area contributed by atoms with Crippen LogP contribution in [-0.2, 0) is 32.5 Å². The highest BCUT2D eigenvalue weighted by atomic mass is 16.3. The zero-order valence-corrected chi connectivity index (χ0v) is 45.8. The molecule has 0 atom stereocenters. The van der Waals surface area contributed by atoms with E-state index in [1.54, 1.807) is 0 Å². The Morgan fingerprint density at radius 3 is 1.78 bits per heavy atom. The summed E-state index contributed by atoms with van der Waals surface area (Å²) in [4.78, 5) is 2.55. The number of anilines is 5. The number of furan rings is 2. The molecule has 7 aromatic carbocycles. The molecule has 2 aromatic heterocycles. The maximum absolute atomic E-state index is 7.35. The van der Waals surface area contributed by atoms with Gasteiger partial charge in [0.25, 0.3) is 0 Å². The van der Waals surface area contributed by atoms with Crippen LogP contribution in [0.5, 0.6) is 0 Å². The number of fused-ring (bicyclic) bond motifs is 9. The quantitative estimate of drug-likeness (QED) is 0.175. The van der Waals surface area contributed by atoms with Gasteiger partial charge in [0.2, 0.25) is 7.28 Å². The second-order valence-corrected chi connectivity index (χ2v) is 26.6. The molecule has 3 heterocycles. The van der Waals surface area contributed by atoms with Crippen molar-refractivity contribution in [1.29, 1.82) is 0 Å². The van der Waals surface area contributed by atoms with Crippen LogP contribution in [-0.4, -0.2) is 7.28 Å². The summed E-state index contributed by atoms with van der Waals surface area (Å²) in [6.07, 6.45) is 4.59. The molecule has 369 valence electrons. The zero-order chi connectivity index (χ0) is 51.4. The number of hydrogen-bond acceptors (Lipinski definition) is 4. The van der Waals surface area contributed by atoms with Gasteiger partial charge in [-0.3, -0.25) is 0 Å². The number of nitrogens with one attached hydrogen (secondary N) is 1. The molecule has 0 saturated carbocycles. The molecule has 12 rings (SSSR count). The minimum absolute atomic E-state index is 0.00947. The summed E-state index contributed by atoms with van der Waals surface area (Å²) in [5.74, 6) is 0. The van der Waals surface area contributed by atoms with Crippen LogP contribution < -0.4 is 21.3 Å². The van der Waals surface area contributed by atoms with Gasteiger partial charge >= 0.3 is 0 Å². The molecule has 2 aliphatic carbocycles. The van der Waals surface area contributed by atoms with E-state index in [1.165, 1.54) is 50.9 Å². The number of benzene rings is 7. The first kappa shape index (κ1) is 47.5. The van der Waals surface area contributed by atoms with Gasteiger partial charge in [0.1, 0.15) is 16.7 Å². The van der Waals surface area contributed by atoms with Crippen molar-refractivity contribution in [2.24, 2.45) is 0 Å². The molecule has 9 aromatic rings. The third-order valence-corrected chi connectivity index (χ3v) is 17.6. The summed E-state index contributed by atoms with van der Waals surface area (Å²) < 4.78 is 14.5. The Morgan fingerprint density at radius 1 is 0.493 bits per heavy atom. The fourth-order valence-corrected chi connectivity index (χ4v) is 12.7. The monoisotopic (exact) mass is 960 g/mol. The predicted molar refractivity (Wildman–Crippen MR) is 312 cm³/mol. The van der Waals surface area contributed by atoms with Crippen LogP contribution in [0, 0.1) is 0 Å². The van der Waals surface area contributed by atoms with Crippen LogP contribution in [0.15, 0.2) is 136 Å².